The molecule has 18 heavy (non-hydrogen) atoms. The Morgan fingerprint density at radius 3 is 3.00 bits per heavy atom. The van der Waals surface area contributed by atoms with Crippen LogP contribution in [0.3, 0.4) is 0 Å². The first-order valence-electron chi connectivity index (χ1n) is 5.48. The molecule has 0 amide bonds. The summed E-state index contributed by atoms with van der Waals surface area (Å²) in [6.45, 7) is 2.39. The van der Waals surface area contributed by atoms with Crippen molar-refractivity contribution in [1.29, 1.82) is 0 Å². The predicted molar refractivity (Wildman–Crippen MR) is 68.6 cm³/mol. The maximum atomic E-state index is 11.0. The Kier molecular flexibility index (Phi) is 4.01. The molecule has 5 nitrogen and oxygen atoms in total. The van der Waals surface area contributed by atoms with Crippen molar-refractivity contribution in [3.05, 3.63) is 46.2 Å². The molecule has 6 heteroatoms. The summed E-state index contributed by atoms with van der Waals surface area (Å²) < 4.78 is 0. The quantitative estimate of drug-likeness (QED) is 0.864. The van der Waals surface area contributed by atoms with Gasteiger partial charge in [-0.2, -0.15) is 0 Å². The third-order valence-corrected chi connectivity index (χ3v) is 3.48. The van der Waals surface area contributed by atoms with Gasteiger partial charge in [0.25, 0.3) is 0 Å². The Morgan fingerprint density at radius 2 is 2.33 bits per heavy atom. The van der Waals surface area contributed by atoms with Crippen molar-refractivity contribution in [2.75, 3.05) is 0 Å². The molecular weight excluding hydrogens is 250 g/mol. The van der Waals surface area contributed by atoms with Crippen LogP contribution in [-0.2, 0) is 6.54 Å². The minimum Gasteiger partial charge on any atom is -0.478 e. The molecular formula is C12H13N3O2S. The number of rotatable bonds is 5. The van der Waals surface area contributed by atoms with E-state index in [1.165, 1.54) is 0 Å². The van der Waals surface area contributed by atoms with E-state index in [0.29, 0.717) is 12.2 Å². The third-order valence-electron chi connectivity index (χ3n) is 2.52. The van der Waals surface area contributed by atoms with Crippen LogP contribution in [0.15, 0.2) is 29.9 Å². The number of nitrogens with zero attached hydrogens (tertiary/aromatic N) is 2. The molecule has 2 rings (SSSR count). The lowest BCUT2D eigenvalue weighted by molar-refractivity contribution is 0.0695. The Bertz CT molecular complexity index is 528. The van der Waals surface area contributed by atoms with Crippen LogP contribution >= 0.6 is 11.3 Å². The van der Waals surface area contributed by atoms with E-state index in [9.17, 15) is 4.79 Å². The fraction of sp³-hybridized carbons (Fsp3) is 0.250. The highest BCUT2D eigenvalue weighted by Gasteiger charge is 2.12. The zero-order chi connectivity index (χ0) is 13.0. The Balaban J connectivity index is 2.04. The molecule has 0 spiro atoms. The molecule has 0 radical (unpaired) electrons. The molecule has 0 aliphatic carbocycles. The summed E-state index contributed by atoms with van der Waals surface area (Å²) in [6.07, 6.45) is 3.35. The Morgan fingerprint density at radius 1 is 1.50 bits per heavy atom. The summed E-state index contributed by atoms with van der Waals surface area (Å²) in [5.74, 6) is -0.957. The summed E-state index contributed by atoms with van der Waals surface area (Å²) in [4.78, 5) is 19.3. The van der Waals surface area contributed by atoms with Gasteiger partial charge in [0.05, 0.1) is 17.3 Å². The van der Waals surface area contributed by atoms with Crippen LogP contribution in [0.1, 0.15) is 34.0 Å². The number of nitrogens with one attached hydrogen (secondary N) is 1. The lowest BCUT2D eigenvalue weighted by Gasteiger charge is -2.11. The molecule has 2 aromatic heterocycles. The molecule has 0 bridgehead atoms. The molecule has 0 aliphatic heterocycles. The average Bonchev–Trinajstić information content (AvgIpc) is 2.90. The second-order valence-electron chi connectivity index (χ2n) is 3.78. The summed E-state index contributed by atoms with van der Waals surface area (Å²) >= 11 is 1.57. The average molecular weight is 263 g/mol. The normalized spacial score (nSPS) is 12.3. The van der Waals surface area contributed by atoms with E-state index in [-0.39, 0.29) is 11.6 Å². The smallest absolute Gasteiger partial charge is 0.337 e. The third kappa shape index (κ3) is 2.91. The molecule has 0 fully saturated rings. The first-order chi connectivity index (χ1) is 8.68. The number of carboxylic acid groups (broad SMARTS) is 1. The van der Waals surface area contributed by atoms with Gasteiger partial charge < -0.3 is 10.4 Å². The molecule has 2 heterocycles. The van der Waals surface area contributed by atoms with E-state index >= 15 is 0 Å². The van der Waals surface area contributed by atoms with Crippen molar-refractivity contribution in [2.24, 2.45) is 0 Å². The molecule has 2 aromatic rings. The Hall–Kier alpha value is -1.79. The van der Waals surface area contributed by atoms with Crippen LogP contribution in [0.4, 0.5) is 0 Å². The van der Waals surface area contributed by atoms with E-state index in [1.807, 2.05) is 12.3 Å². The second-order valence-corrected chi connectivity index (χ2v) is 4.70. The van der Waals surface area contributed by atoms with Crippen molar-refractivity contribution < 1.29 is 9.90 Å². The summed E-state index contributed by atoms with van der Waals surface area (Å²) in [6, 6.07) is 3.26. The van der Waals surface area contributed by atoms with Crippen molar-refractivity contribution >= 4 is 17.3 Å². The van der Waals surface area contributed by atoms with Gasteiger partial charge in [-0.25, -0.2) is 9.78 Å². The van der Waals surface area contributed by atoms with Crippen LogP contribution in [0, 0.1) is 0 Å². The van der Waals surface area contributed by atoms with Crippen molar-refractivity contribution in [3.63, 3.8) is 0 Å². The molecule has 1 unspecified atom stereocenters. The molecule has 94 valence electrons. The molecule has 0 saturated heterocycles. The summed E-state index contributed by atoms with van der Waals surface area (Å²) in [5, 5.41) is 15.1. The highest BCUT2D eigenvalue weighted by molar-refractivity contribution is 7.09. The number of carboxylic acids is 1. The number of aromatic carboxylic acids is 1. The van der Waals surface area contributed by atoms with E-state index in [0.717, 1.165) is 5.01 Å². The SMILES string of the molecule is CC(NCc1ncccc1C(=O)O)c1nccs1. The fourth-order valence-electron chi connectivity index (χ4n) is 1.56. The van der Waals surface area contributed by atoms with Gasteiger partial charge in [0.15, 0.2) is 0 Å². The monoisotopic (exact) mass is 263 g/mol. The lowest BCUT2D eigenvalue weighted by atomic mass is 10.2. The van der Waals surface area contributed by atoms with Gasteiger partial charge in [-0.1, -0.05) is 0 Å². The molecule has 0 aromatic carbocycles. The number of thiazole rings is 1. The zero-order valence-electron chi connectivity index (χ0n) is 9.83. The van der Waals surface area contributed by atoms with Crippen molar-refractivity contribution in [1.82, 2.24) is 15.3 Å². The fourth-order valence-corrected chi connectivity index (χ4v) is 2.23. The molecule has 0 aliphatic rings. The maximum Gasteiger partial charge on any atom is 0.337 e. The summed E-state index contributed by atoms with van der Waals surface area (Å²) in [5.41, 5.74) is 0.768. The first kappa shape index (κ1) is 12.7. The van der Waals surface area contributed by atoms with Crippen LogP contribution in [0.2, 0.25) is 0 Å². The second kappa shape index (κ2) is 5.70. The zero-order valence-corrected chi connectivity index (χ0v) is 10.6. The minimum atomic E-state index is -0.957. The largest absolute Gasteiger partial charge is 0.478 e. The van der Waals surface area contributed by atoms with Gasteiger partial charge >= 0.3 is 5.97 Å². The molecule has 2 N–H and O–H groups in total. The van der Waals surface area contributed by atoms with Crippen LogP contribution < -0.4 is 5.32 Å². The van der Waals surface area contributed by atoms with Gasteiger partial charge in [-0.3, -0.25) is 4.98 Å². The topological polar surface area (TPSA) is 75.1 Å². The number of hydrogen-bond donors (Lipinski definition) is 2. The van der Waals surface area contributed by atoms with Crippen LogP contribution in [0.5, 0.6) is 0 Å². The van der Waals surface area contributed by atoms with Gasteiger partial charge in [0.1, 0.15) is 5.01 Å². The van der Waals surface area contributed by atoms with Gasteiger partial charge in [-0.15, -0.1) is 11.3 Å². The van der Waals surface area contributed by atoms with Crippen LogP contribution in [-0.4, -0.2) is 21.0 Å². The lowest BCUT2D eigenvalue weighted by Crippen LogP contribution is -2.20. The molecule has 0 saturated carbocycles. The number of hydrogen-bond acceptors (Lipinski definition) is 5. The van der Waals surface area contributed by atoms with E-state index in [1.54, 1.807) is 35.9 Å². The maximum absolute atomic E-state index is 11.0. The van der Waals surface area contributed by atoms with E-state index in [2.05, 4.69) is 15.3 Å². The van der Waals surface area contributed by atoms with Crippen molar-refractivity contribution in [3.8, 4) is 0 Å². The van der Waals surface area contributed by atoms with E-state index in [4.69, 9.17) is 5.11 Å². The highest BCUT2D eigenvalue weighted by Crippen LogP contribution is 2.15. The van der Waals surface area contributed by atoms with Gasteiger partial charge in [-0.05, 0) is 19.1 Å². The minimum absolute atomic E-state index is 0.0775. The predicted octanol–water partition coefficient (Wildman–Crippen LogP) is 2.09. The van der Waals surface area contributed by atoms with Crippen molar-refractivity contribution in [2.45, 2.75) is 19.5 Å². The number of carbonyl (C=O) groups is 1. The van der Waals surface area contributed by atoms with Crippen LogP contribution in [0.25, 0.3) is 0 Å². The van der Waals surface area contributed by atoms with Gasteiger partial charge in [0.2, 0.25) is 0 Å². The molecule has 1 atom stereocenters. The van der Waals surface area contributed by atoms with E-state index < -0.39 is 5.97 Å². The standard InChI is InChI=1S/C12H13N3O2S/c1-8(11-14-5-6-18-11)15-7-10-9(12(16)17)3-2-4-13-10/h2-6,8,15H,7H2,1H3,(H,16,17). The highest BCUT2D eigenvalue weighted by atomic mass is 32.1. The number of pyridine rings is 1. The van der Waals surface area contributed by atoms with Gasteiger partial charge in [0, 0.05) is 24.3 Å². The number of aromatic nitrogens is 2. The Labute approximate surface area is 109 Å². The summed E-state index contributed by atoms with van der Waals surface area (Å²) in [7, 11) is 0. The first-order valence-corrected chi connectivity index (χ1v) is 6.36.